The third kappa shape index (κ3) is 3.33. The molecule has 0 unspecified atom stereocenters. The fraction of sp³-hybridized carbons (Fsp3) is 0.316. The van der Waals surface area contributed by atoms with Crippen LogP contribution in [0.15, 0.2) is 49.1 Å². The number of aromatic nitrogens is 3. The number of likely N-dealkylation sites (tertiary alicyclic amines) is 1. The fourth-order valence-electron chi connectivity index (χ4n) is 3.15. The monoisotopic (exact) mass is 336 g/mol. The number of imidazole rings is 1. The van der Waals surface area contributed by atoms with Crippen molar-refractivity contribution in [3.8, 4) is 5.75 Å². The lowest BCUT2D eigenvalue weighted by atomic mass is 10.1. The minimum Gasteiger partial charge on any atom is -0.489 e. The highest BCUT2D eigenvalue weighted by Crippen LogP contribution is 2.19. The Balaban J connectivity index is 1.40. The van der Waals surface area contributed by atoms with Crippen LogP contribution in [0.25, 0.3) is 5.65 Å². The molecule has 0 saturated carbocycles. The van der Waals surface area contributed by atoms with Gasteiger partial charge in [0, 0.05) is 44.5 Å². The van der Waals surface area contributed by atoms with Crippen LogP contribution in [0.2, 0.25) is 0 Å². The van der Waals surface area contributed by atoms with Crippen molar-refractivity contribution in [3.63, 3.8) is 0 Å². The normalized spacial score (nSPS) is 15.5. The van der Waals surface area contributed by atoms with Crippen LogP contribution in [-0.4, -0.2) is 44.4 Å². The standard InChI is InChI=1S/C19H20N4O2/c1-14-4-5-18-21-17(13-23(18)12-14)19(24)22-9-6-15(7-10-22)25-16-3-2-8-20-11-16/h2-5,8,11-13,15H,6-7,9-10H2,1H3. The van der Waals surface area contributed by atoms with Gasteiger partial charge in [-0.25, -0.2) is 4.98 Å². The number of rotatable bonds is 3. The fourth-order valence-corrected chi connectivity index (χ4v) is 3.15. The molecular formula is C19H20N4O2. The van der Waals surface area contributed by atoms with Gasteiger partial charge < -0.3 is 14.0 Å². The highest BCUT2D eigenvalue weighted by atomic mass is 16.5. The molecule has 1 amide bonds. The Morgan fingerprint density at radius 1 is 1.20 bits per heavy atom. The molecule has 0 aliphatic carbocycles. The molecule has 0 radical (unpaired) electrons. The number of nitrogens with zero attached hydrogens (tertiary/aromatic N) is 4. The predicted molar refractivity (Wildman–Crippen MR) is 93.7 cm³/mol. The Kier molecular flexibility index (Phi) is 4.09. The van der Waals surface area contributed by atoms with Gasteiger partial charge in [0.25, 0.3) is 5.91 Å². The molecule has 0 aromatic carbocycles. The number of carbonyl (C=O) groups is 1. The van der Waals surface area contributed by atoms with Gasteiger partial charge in [-0.15, -0.1) is 0 Å². The highest BCUT2D eigenvalue weighted by Gasteiger charge is 2.26. The topological polar surface area (TPSA) is 59.7 Å². The zero-order chi connectivity index (χ0) is 17.2. The summed E-state index contributed by atoms with van der Waals surface area (Å²) in [5.74, 6) is 0.768. The molecule has 6 nitrogen and oxygen atoms in total. The van der Waals surface area contributed by atoms with Crippen LogP contribution in [0, 0.1) is 6.92 Å². The summed E-state index contributed by atoms with van der Waals surface area (Å²) in [4.78, 5) is 23.1. The molecule has 128 valence electrons. The van der Waals surface area contributed by atoms with Crippen LogP contribution in [-0.2, 0) is 0 Å². The minimum atomic E-state index is -0.0128. The van der Waals surface area contributed by atoms with Crippen molar-refractivity contribution in [2.75, 3.05) is 13.1 Å². The van der Waals surface area contributed by atoms with E-state index >= 15 is 0 Å². The first-order valence-electron chi connectivity index (χ1n) is 8.50. The molecule has 0 spiro atoms. The molecule has 3 aromatic heterocycles. The van der Waals surface area contributed by atoms with Gasteiger partial charge in [0.2, 0.25) is 0 Å². The number of piperidine rings is 1. The van der Waals surface area contributed by atoms with E-state index in [1.807, 2.05) is 52.9 Å². The van der Waals surface area contributed by atoms with Gasteiger partial charge in [-0.2, -0.15) is 0 Å². The van der Waals surface area contributed by atoms with Crippen molar-refractivity contribution >= 4 is 11.6 Å². The largest absolute Gasteiger partial charge is 0.489 e. The number of pyridine rings is 2. The van der Waals surface area contributed by atoms with Gasteiger partial charge in [-0.1, -0.05) is 6.07 Å². The SMILES string of the molecule is Cc1ccc2nc(C(=O)N3CCC(Oc4cccnc4)CC3)cn2c1. The molecule has 6 heteroatoms. The van der Waals surface area contributed by atoms with E-state index in [-0.39, 0.29) is 12.0 Å². The Bertz CT molecular complexity index is 883. The summed E-state index contributed by atoms with van der Waals surface area (Å²) >= 11 is 0. The molecule has 0 atom stereocenters. The van der Waals surface area contributed by atoms with Gasteiger partial charge in [-0.05, 0) is 30.7 Å². The highest BCUT2D eigenvalue weighted by molar-refractivity contribution is 5.93. The molecule has 0 bridgehead atoms. The molecule has 4 rings (SSSR count). The predicted octanol–water partition coefficient (Wildman–Crippen LogP) is 2.72. The molecular weight excluding hydrogens is 316 g/mol. The molecule has 1 fully saturated rings. The second-order valence-electron chi connectivity index (χ2n) is 6.40. The summed E-state index contributed by atoms with van der Waals surface area (Å²) in [5, 5.41) is 0. The first-order chi connectivity index (χ1) is 12.2. The summed E-state index contributed by atoms with van der Waals surface area (Å²) in [5.41, 5.74) is 2.43. The van der Waals surface area contributed by atoms with Gasteiger partial charge in [0.05, 0.1) is 6.20 Å². The number of amides is 1. The summed E-state index contributed by atoms with van der Waals surface area (Å²) < 4.78 is 7.83. The average Bonchev–Trinajstić information content (AvgIpc) is 3.06. The maximum absolute atomic E-state index is 12.7. The van der Waals surface area contributed by atoms with Crippen LogP contribution < -0.4 is 4.74 Å². The van der Waals surface area contributed by atoms with Crippen LogP contribution in [0.3, 0.4) is 0 Å². The van der Waals surface area contributed by atoms with Crippen LogP contribution in [0.4, 0.5) is 0 Å². The molecule has 1 saturated heterocycles. The maximum Gasteiger partial charge on any atom is 0.274 e. The minimum absolute atomic E-state index is 0.0128. The van der Waals surface area contributed by atoms with E-state index in [0.29, 0.717) is 18.8 Å². The van der Waals surface area contributed by atoms with Gasteiger partial charge >= 0.3 is 0 Å². The number of hydrogen-bond acceptors (Lipinski definition) is 4. The Morgan fingerprint density at radius 3 is 2.80 bits per heavy atom. The van der Waals surface area contributed by atoms with Crippen molar-refractivity contribution in [1.29, 1.82) is 0 Å². The quantitative estimate of drug-likeness (QED) is 0.738. The number of aryl methyl sites for hydroxylation is 1. The summed E-state index contributed by atoms with van der Waals surface area (Å²) in [6, 6.07) is 7.69. The third-order valence-corrected chi connectivity index (χ3v) is 4.48. The van der Waals surface area contributed by atoms with E-state index < -0.39 is 0 Å². The average molecular weight is 336 g/mol. The van der Waals surface area contributed by atoms with Crippen molar-refractivity contribution in [1.82, 2.24) is 19.3 Å². The molecule has 1 aliphatic heterocycles. The first-order valence-corrected chi connectivity index (χ1v) is 8.50. The second kappa shape index (κ2) is 6.55. The van der Waals surface area contributed by atoms with Crippen molar-refractivity contribution in [2.45, 2.75) is 25.9 Å². The van der Waals surface area contributed by atoms with E-state index in [0.717, 1.165) is 29.8 Å². The van der Waals surface area contributed by atoms with Crippen LogP contribution >= 0.6 is 0 Å². The van der Waals surface area contributed by atoms with Crippen LogP contribution in [0.1, 0.15) is 28.9 Å². The van der Waals surface area contributed by atoms with Gasteiger partial charge in [-0.3, -0.25) is 9.78 Å². The molecule has 4 heterocycles. The van der Waals surface area contributed by atoms with E-state index in [9.17, 15) is 4.79 Å². The Hall–Kier alpha value is -2.89. The zero-order valence-corrected chi connectivity index (χ0v) is 14.1. The maximum atomic E-state index is 12.7. The van der Waals surface area contributed by atoms with Crippen molar-refractivity contribution < 1.29 is 9.53 Å². The third-order valence-electron chi connectivity index (χ3n) is 4.48. The second-order valence-corrected chi connectivity index (χ2v) is 6.40. The smallest absolute Gasteiger partial charge is 0.274 e. The van der Waals surface area contributed by atoms with E-state index in [1.165, 1.54) is 0 Å². The van der Waals surface area contributed by atoms with Gasteiger partial charge in [0.15, 0.2) is 0 Å². The molecule has 1 aliphatic rings. The molecule has 25 heavy (non-hydrogen) atoms. The summed E-state index contributed by atoms with van der Waals surface area (Å²) in [7, 11) is 0. The Morgan fingerprint density at radius 2 is 2.04 bits per heavy atom. The lowest BCUT2D eigenvalue weighted by Crippen LogP contribution is -2.41. The lowest BCUT2D eigenvalue weighted by molar-refractivity contribution is 0.0590. The number of carbonyl (C=O) groups excluding carboxylic acids is 1. The first kappa shape index (κ1) is 15.6. The van der Waals surface area contributed by atoms with Crippen LogP contribution in [0.5, 0.6) is 5.75 Å². The Labute approximate surface area is 146 Å². The number of fused-ring (bicyclic) bond motifs is 1. The van der Waals surface area contributed by atoms with E-state index in [2.05, 4.69) is 9.97 Å². The molecule has 3 aromatic rings. The summed E-state index contributed by atoms with van der Waals surface area (Å²) in [6.07, 6.45) is 8.98. The van der Waals surface area contributed by atoms with Gasteiger partial charge in [0.1, 0.15) is 23.2 Å². The van der Waals surface area contributed by atoms with E-state index in [4.69, 9.17) is 4.74 Å². The molecule has 0 N–H and O–H groups in total. The zero-order valence-electron chi connectivity index (χ0n) is 14.1. The van der Waals surface area contributed by atoms with E-state index in [1.54, 1.807) is 12.4 Å². The number of hydrogen-bond donors (Lipinski definition) is 0. The number of ether oxygens (including phenoxy) is 1. The van der Waals surface area contributed by atoms with Crippen molar-refractivity contribution in [3.05, 3.63) is 60.3 Å². The summed E-state index contributed by atoms with van der Waals surface area (Å²) in [6.45, 7) is 3.38. The lowest BCUT2D eigenvalue weighted by Gasteiger charge is -2.31. The van der Waals surface area contributed by atoms with Crippen molar-refractivity contribution in [2.24, 2.45) is 0 Å².